The van der Waals surface area contributed by atoms with E-state index in [0.29, 0.717) is 25.1 Å². The first-order chi connectivity index (χ1) is 13.4. The van der Waals surface area contributed by atoms with Crippen LogP contribution in [0.15, 0.2) is 30.3 Å². The van der Waals surface area contributed by atoms with Gasteiger partial charge in [-0.3, -0.25) is 19.7 Å². The maximum absolute atomic E-state index is 12.9. The van der Waals surface area contributed by atoms with Crippen molar-refractivity contribution in [1.82, 2.24) is 15.5 Å². The molecule has 9 heteroatoms. The van der Waals surface area contributed by atoms with Gasteiger partial charge in [0, 0.05) is 19.2 Å². The number of rotatable bonds is 6. The molecule has 150 valence electrons. The van der Waals surface area contributed by atoms with Crippen LogP contribution in [-0.4, -0.2) is 53.5 Å². The molecule has 2 amide bonds. The molecule has 1 aliphatic heterocycles. The number of carbonyl (C=O) groups is 3. The van der Waals surface area contributed by atoms with Crippen molar-refractivity contribution in [1.29, 1.82) is 0 Å². The van der Waals surface area contributed by atoms with Gasteiger partial charge in [0.15, 0.2) is 5.11 Å². The summed E-state index contributed by atoms with van der Waals surface area (Å²) in [7, 11) is 0. The summed E-state index contributed by atoms with van der Waals surface area (Å²) in [5.41, 5.74) is 0.649. The van der Waals surface area contributed by atoms with Crippen molar-refractivity contribution in [2.45, 2.75) is 25.8 Å². The Bertz CT molecular complexity index is 767. The summed E-state index contributed by atoms with van der Waals surface area (Å²) in [5, 5.41) is 5.25. The van der Waals surface area contributed by atoms with Crippen molar-refractivity contribution in [2.24, 2.45) is 0 Å². The van der Waals surface area contributed by atoms with Crippen LogP contribution in [0.25, 0.3) is 6.08 Å². The van der Waals surface area contributed by atoms with Crippen molar-refractivity contribution in [3.05, 3.63) is 41.7 Å². The number of nitrogens with zero attached hydrogens (tertiary/aromatic N) is 1. The Balaban J connectivity index is 1.97. The number of hydrogen-bond donors (Lipinski definition) is 2. The van der Waals surface area contributed by atoms with E-state index in [4.69, 9.17) is 17.0 Å². The molecule has 1 atom stereocenters. The zero-order chi connectivity index (χ0) is 20.5. The lowest BCUT2D eigenvalue weighted by molar-refractivity contribution is -0.147. The summed E-state index contributed by atoms with van der Waals surface area (Å²) in [4.78, 5) is 37.7. The average Bonchev–Trinajstić information content (AvgIpc) is 2.67. The molecule has 1 saturated heterocycles. The largest absolute Gasteiger partial charge is 0.466 e. The Hall–Kier alpha value is -2.81. The third-order valence-corrected chi connectivity index (χ3v) is 4.28. The summed E-state index contributed by atoms with van der Waals surface area (Å²) < 4.78 is 17.9. The topological polar surface area (TPSA) is 87.7 Å². The number of carbonyl (C=O) groups excluding carboxylic acids is 3. The number of ether oxygens (including phenoxy) is 1. The van der Waals surface area contributed by atoms with Crippen molar-refractivity contribution >= 4 is 41.2 Å². The van der Waals surface area contributed by atoms with E-state index in [1.54, 1.807) is 0 Å². The van der Waals surface area contributed by atoms with Gasteiger partial charge in [0.2, 0.25) is 11.8 Å². The predicted molar refractivity (Wildman–Crippen MR) is 106 cm³/mol. The van der Waals surface area contributed by atoms with Crippen LogP contribution in [0.1, 0.15) is 25.3 Å². The second-order valence-corrected chi connectivity index (χ2v) is 6.49. The molecule has 1 heterocycles. The second kappa shape index (κ2) is 10.5. The molecule has 1 unspecified atom stereocenters. The van der Waals surface area contributed by atoms with E-state index in [-0.39, 0.29) is 29.9 Å². The highest BCUT2D eigenvalue weighted by molar-refractivity contribution is 7.80. The third-order valence-electron chi connectivity index (χ3n) is 3.95. The molecule has 0 spiro atoms. The average molecular weight is 407 g/mol. The van der Waals surface area contributed by atoms with Crippen LogP contribution in [0.3, 0.4) is 0 Å². The monoisotopic (exact) mass is 407 g/mol. The maximum Gasteiger partial charge on any atom is 0.308 e. The Morgan fingerprint density at radius 1 is 1.39 bits per heavy atom. The molecule has 2 rings (SSSR count). The van der Waals surface area contributed by atoms with Gasteiger partial charge >= 0.3 is 5.97 Å². The van der Waals surface area contributed by atoms with Crippen LogP contribution in [0, 0.1) is 5.82 Å². The van der Waals surface area contributed by atoms with Crippen LogP contribution in [0.2, 0.25) is 0 Å². The number of hydrogen-bond acceptors (Lipinski definition) is 5. The highest BCUT2D eigenvalue weighted by Gasteiger charge is 2.34. The fourth-order valence-electron chi connectivity index (χ4n) is 2.56. The second-order valence-electron chi connectivity index (χ2n) is 6.10. The first-order valence-electron chi connectivity index (χ1n) is 8.89. The maximum atomic E-state index is 12.9. The van der Waals surface area contributed by atoms with Gasteiger partial charge in [-0.05, 0) is 42.4 Å². The number of halogens is 1. The van der Waals surface area contributed by atoms with E-state index >= 15 is 0 Å². The molecule has 1 aromatic rings. The number of benzene rings is 1. The number of thiocarbonyl (C=S) groups is 1. The molecule has 0 radical (unpaired) electrons. The highest BCUT2D eigenvalue weighted by Crippen LogP contribution is 2.11. The molecular weight excluding hydrogens is 385 g/mol. The lowest BCUT2D eigenvalue weighted by atomic mass is 10.1. The van der Waals surface area contributed by atoms with Crippen LogP contribution >= 0.6 is 12.2 Å². The van der Waals surface area contributed by atoms with E-state index < -0.39 is 17.9 Å². The Labute approximate surface area is 167 Å². The fraction of sp³-hybridized carbons (Fsp3) is 0.368. The third kappa shape index (κ3) is 6.41. The van der Waals surface area contributed by atoms with Gasteiger partial charge in [-0.2, -0.15) is 0 Å². The molecule has 28 heavy (non-hydrogen) atoms. The summed E-state index contributed by atoms with van der Waals surface area (Å²) in [6.45, 7) is 2.86. The van der Waals surface area contributed by atoms with Crippen molar-refractivity contribution in [3.8, 4) is 0 Å². The molecule has 0 saturated carbocycles. The van der Waals surface area contributed by atoms with Gasteiger partial charge < -0.3 is 15.0 Å². The quantitative estimate of drug-likeness (QED) is 0.421. The Morgan fingerprint density at radius 3 is 2.79 bits per heavy atom. The van der Waals surface area contributed by atoms with Gasteiger partial charge in [0.1, 0.15) is 11.9 Å². The zero-order valence-electron chi connectivity index (χ0n) is 15.4. The minimum absolute atomic E-state index is 0.0527. The summed E-state index contributed by atoms with van der Waals surface area (Å²) in [6, 6.07) is 4.80. The minimum atomic E-state index is -0.841. The number of piperazine rings is 1. The molecule has 0 aromatic heterocycles. The SMILES string of the molecule is CCCOC(=O)CC1C(=O)NCCN1C(=S)NC(=O)/C=C/c1ccc(F)cc1. The number of nitrogens with one attached hydrogen (secondary N) is 2. The summed E-state index contributed by atoms with van der Waals surface area (Å²) in [5.74, 6) is -1.71. The molecule has 2 N–H and O–H groups in total. The molecular formula is C19H22FN3O4S. The fourth-order valence-corrected chi connectivity index (χ4v) is 2.88. The van der Waals surface area contributed by atoms with E-state index in [0.717, 1.165) is 0 Å². The Morgan fingerprint density at radius 2 is 2.11 bits per heavy atom. The van der Waals surface area contributed by atoms with Crippen LogP contribution in [-0.2, 0) is 19.1 Å². The number of amides is 2. The summed E-state index contributed by atoms with van der Waals surface area (Å²) >= 11 is 5.25. The molecule has 7 nitrogen and oxygen atoms in total. The minimum Gasteiger partial charge on any atom is -0.466 e. The van der Waals surface area contributed by atoms with Crippen LogP contribution in [0.5, 0.6) is 0 Å². The Kier molecular flexibility index (Phi) is 8.06. The van der Waals surface area contributed by atoms with E-state index in [9.17, 15) is 18.8 Å². The van der Waals surface area contributed by atoms with Gasteiger partial charge in [-0.25, -0.2) is 4.39 Å². The van der Waals surface area contributed by atoms with Crippen LogP contribution in [0.4, 0.5) is 4.39 Å². The highest BCUT2D eigenvalue weighted by atomic mass is 32.1. The van der Waals surface area contributed by atoms with E-state index in [1.165, 1.54) is 41.3 Å². The first kappa shape index (κ1) is 21.5. The lowest BCUT2D eigenvalue weighted by Gasteiger charge is -2.36. The van der Waals surface area contributed by atoms with Crippen LogP contribution < -0.4 is 10.6 Å². The first-order valence-corrected chi connectivity index (χ1v) is 9.30. The predicted octanol–water partition coefficient (Wildman–Crippen LogP) is 1.38. The molecule has 0 aliphatic carbocycles. The normalized spacial score (nSPS) is 16.6. The summed E-state index contributed by atoms with van der Waals surface area (Å²) in [6.07, 6.45) is 3.29. The molecule has 1 aliphatic rings. The van der Waals surface area contributed by atoms with Gasteiger partial charge in [0.25, 0.3) is 0 Å². The van der Waals surface area contributed by atoms with Gasteiger partial charge in [-0.1, -0.05) is 19.1 Å². The van der Waals surface area contributed by atoms with Crippen molar-refractivity contribution in [3.63, 3.8) is 0 Å². The van der Waals surface area contributed by atoms with E-state index in [2.05, 4.69) is 10.6 Å². The smallest absolute Gasteiger partial charge is 0.308 e. The van der Waals surface area contributed by atoms with Crippen molar-refractivity contribution in [2.75, 3.05) is 19.7 Å². The lowest BCUT2D eigenvalue weighted by Crippen LogP contribution is -2.60. The molecule has 1 aromatic carbocycles. The van der Waals surface area contributed by atoms with Gasteiger partial charge in [-0.15, -0.1) is 0 Å². The van der Waals surface area contributed by atoms with Crippen molar-refractivity contribution < 1.29 is 23.5 Å². The number of esters is 1. The standard InChI is InChI=1S/C19H22FN3O4S/c1-2-11-27-17(25)12-15-18(26)21-9-10-23(15)19(28)22-16(24)8-5-13-3-6-14(20)7-4-13/h3-8,15H,2,9-12H2,1H3,(H,21,26)(H,22,24,28)/b8-5+. The van der Waals surface area contributed by atoms with Gasteiger partial charge in [0.05, 0.1) is 13.0 Å². The zero-order valence-corrected chi connectivity index (χ0v) is 16.3. The van der Waals surface area contributed by atoms with E-state index in [1.807, 2.05) is 6.92 Å². The molecule has 0 bridgehead atoms. The molecule has 1 fully saturated rings.